The van der Waals surface area contributed by atoms with Gasteiger partial charge in [-0.2, -0.15) is 5.10 Å². The smallest absolute Gasteiger partial charge is 0.250 e. The SMILES string of the molecule is CC(C)(N)CC(=O)NC1CSc2ccccc2N(Cc2ccc(-c3ccccc3/C(N)=N/N)cc2)C1=O. The highest BCUT2D eigenvalue weighted by atomic mass is 32.2. The van der Waals surface area contributed by atoms with Crippen molar-refractivity contribution in [1.29, 1.82) is 0 Å². The highest BCUT2D eigenvalue weighted by Crippen LogP contribution is 2.35. The Morgan fingerprint density at radius 2 is 1.76 bits per heavy atom. The van der Waals surface area contributed by atoms with Crippen LogP contribution in [0.2, 0.25) is 0 Å². The topological polar surface area (TPSA) is 140 Å². The van der Waals surface area contributed by atoms with Gasteiger partial charge in [0.2, 0.25) is 5.91 Å². The molecule has 192 valence electrons. The third-order valence-corrected chi connectivity index (χ3v) is 7.18. The number of anilines is 1. The molecule has 7 N–H and O–H groups in total. The van der Waals surface area contributed by atoms with Crippen molar-refractivity contribution in [2.24, 2.45) is 22.4 Å². The van der Waals surface area contributed by atoms with E-state index < -0.39 is 11.6 Å². The van der Waals surface area contributed by atoms with Crippen LogP contribution in [0.4, 0.5) is 5.69 Å². The number of benzene rings is 3. The summed E-state index contributed by atoms with van der Waals surface area (Å²) in [5.41, 5.74) is 15.7. The average Bonchev–Trinajstić information content (AvgIpc) is 3.00. The van der Waals surface area contributed by atoms with Gasteiger partial charge in [-0.1, -0.05) is 60.7 Å². The molecule has 8 nitrogen and oxygen atoms in total. The number of fused-ring (bicyclic) bond motifs is 1. The van der Waals surface area contributed by atoms with E-state index in [0.29, 0.717) is 12.3 Å². The molecule has 4 rings (SSSR count). The number of hydrogen-bond donors (Lipinski definition) is 4. The van der Waals surface area contributed by atoms with E-state index in [1.54, 1.807) is 30.5 Å². The highest BCUT2D eigenvalue weighted by Gasteiger charge is 2.32. The second-order valence-electron chi connectivity index (χ2n) is 9.75. The van der Waals surface area contributed by atoms with Gasteiger partial charge in [-0.3, -0.25) is 9.59 Å². The maximum Gasteiger partial charge on any atom is 0.250 e. The molecule has 0 saturated heterocycles. The van der Waals surface area contributed by atoms with Gasteiger partial charge in [0.15, 0.2) is 5.84 Å². The van der Waals surface area contributed by atoms with Gasteiger partial charge in [-0.05, 0) is 42.7 Å². The van der Waals surface area contributed by atoms with E-state index in [1.165, 1.54) is 0 Å². The van der Waals surface area contributed by atoms with Crippen LogP contribution >= 0.6 is 11.8 Å². The Morgan fingerprint density at radius 3 is 2.46 bits per heavy atom. The second-order valence-corrected chi connectivity index (χ2v) is 10.8. The molecule has 3 aromatic rings. The van der Waals surface area contributed by atoms with Crippen molar-refractivity contribution in [3.05, 3.63) is 83.9 Å². The van der Waals surface area contributed by atoms with Crippen LogP contribution in [-0.4, -0.2) is 35.0 Å². The van der Waals surface area contributed by atoms with Crippen LogP contribution in [0.5, 0.6) is 0 Å². The summed E-state index contributed by atoms with van der Waals surface area (Å²) in [6.07, 6.45) is 0.136. The van der Waals surface area contributed by atoms with Crippen molar-refractivity contribution in [2.75, 3.05) is 10.7 Å². The minimum Gasteiger partial charge on any atom is -0.382 e. The zero-order valence-corrected chi connectivity index (χ0v) is 21.8. The van der Waals surface area contributed by atoms with Gasteiger partial charge in [-0.25, -0.2) is 0 Å². The number of para-hydroxylation sites is 1. The number of nitrogens with one attached hydrogen (secondary N) is 1. The number of rotatable bonds is 7. The van der Waals surface area contributed by atoms with Crippen molar-refractivity contribution in [1.82, 2.24) is 5.32 Å². The van der Waals surface area contributed by atoms with Gasteiger partial charge >= 0.3 is 0 Å². The van der Waals surface area contributed by atoms with Crippen LogP contribution < -0.4 is 27.5 Å². The molecule has 1 heterocycles. The second kappa shape index (κ2) is 11.1. The third-order valence-electron chi connectivity index (χ3n) is 6.02. The summed E-state index contributed by atoms with van der Waals surface area (Å²) in [6, 6.07) is 22.8. The fourth-order valence-electron chi connectivity index (χ4n) is 4.28. The zero-order valence-electron chi connectivity index (χ0n) is 21.0. The van der Waals surface area contributed by atoms with E-state index in [9.17, 15) is 9.59 Å². The minimum atomic E-state index is -0.658. The molecule has 0 aromatic heterocycles. The summed E-state index contributed by atoms with van der Waals surface area (Å²) in [5, 5.41) is 6.54. The highest BCUT2D eigenvalue weighted by molar-refractivity contribution is 7.99. The molecule has 1 atom stereocenters. The molecular weight excluding hydrogens is 484 g/mol. The maximum absolute atomic E-state index is 13.7. The van der Waals surface area contributed by atoms with Crippen molar-refractivity contribution in [2.45, 2.75) is 43.3 Å². The molecule has 0 saturated carbocycles. The van der Waals surface area contributed by atoms with Gasteiger partial charge in [0.1, 0.15) is 6.04 Å². The van der Waals surface area contributed by atoms with Crippen LogP contribution in [0.3, 0.4) is 0 Å². The van der Waals surface area contributed by atoms with Crippen LogP contribution in [0.15, 0.2) is 82.8 Å². The predicted molar refractivity (Wildman–Crippen MR) is 150 cm³/mol. The molecule has 2 amide bonds. The van der Waals surface area contributed by atoms with Gasteiger partial charge in [-0.15, -0.1) is 11.8 Å². The number of hydrazone groups is 1. The Bertz CT molecular complexity index is 1320. The van der Waals surface area contributed by atoms with Gasteiger partial charge in [0, 0.05) is 28.2 Å². The van der Waals surface area contributed by atoms with Crippen LogP contribution in [0, 0.1) is 0 Å². The summed E-state index contributed by atoms with van der Waals surface area (Å²) in [5.74, 6) is 5.73. The van der Waals surface area contributed by atoms with Crippen molar-refractivity contribution >= 4 is 35.1 Å². The van der Waals surface area contributed by atoms with Crippen molar-refractivity contribution in [3.8, 4) is 11.1 Å². The van der Waals surface area contributed by atoms with Crippen molar-refractivity contribution in [3.63, 3.8) is 0 Å². The number of nitrogens with zero attached hydrogens (tertiary/aromatic N) is 2. The van der Waals surface area contributed by atoms with Crippen LogP contribution in [0.1, 0.15) is 31.4 Å². The number of thioether (sulfide) groups is 1. The molecule has 1 aliphatic rings. The maximum atomic E-state index is 13.7. The van der Waals surface area contributed by atoms with E-state index in [-0.39, 0.29) is 24.1 Å². The minimum absolute atomic E-state index is 0.136. The quantitative estimate of drug-likeness (QED) is 0.165. The number of nitrogens with two attached hydrogens (primary N) is 3. The first kappa shape index (κ1) is 26.2. The summed E-state index contributed by atoms with van der Waals surface area (Å²) >= 11 is 1.56. The lowest BCUT2D eigenvalue weighted by atomic mass is 9.98. The molecule has 9 heteroatoms. The number of carbonyl (C=O) groups is 2. The molecule has 0 fully saturated rings. The zero-order chi connectivity index (χ0) is 26.6. The Kier molecular flexibility index (Phi) is 7.85. The summed E-state index contributed by atoms with van der Waals surface area (Å²) in [4.78, 5) is 29.0. The number of amides is 2. The van der Waals surface area contributed by atoms with Crippen LogP contribution in [0.25, 0.3) is 11.1 Å². The lowest BCUT2D eigenvalue weighted by Crippen LogP contribution is -2.51. The number of hydrogen-bond acceptors (Lipinski definition) is 6. The molecular formula is C28H32N6O2S. The van der Waals surface area contributed by atoms with Crippen LogP contribution in [-0.2, 0) is 16.1 Å². The first-order valence-corrected chi connectivity index (χ1v) is 13.0. The van der Waals surface area contributed by atoms with Gasteiger partial charge in [0.25, 0.3) is 5.91 Å². The Morgan fingerprint density at radius 1 is 1.08 bits per heavy atom. The third kappa shape index (κ3) is 6.31. The van der Waals surface area contributed by atoms with Gasteiger partial charge in [0.05, 0.1) is 12.2 Å². The lowest BCUT2D eigenvalue weighted by molar-refractivity contribution is -0.127. The van der Waals surface area contributed by atoms with E-state index in [2.05, 4.69) is 10.4 Å². The standard InChI is InChI=1S/C28H32N6O2S/c1-28(2,30)15-25(35)32-22-17-37-24-10-6-5-9-23(24)34(27(22)36)16-18-11-13-19(14-12-18)20-7-3-4-8-21(20)26(29)33-31/h3-14,22H,15-17,30-31H2,1-2H3,(H2,29,33)(H,32,35). The van der Waals surface area contributed by atoms with E-state index in [0.717, 1.165) is 32.8 Å². The number of amidine groups is 1. The van der Waals surface area contributed by atoms with E-state index >= 15 is 0 Å². The largest absolute Gasteiger partial charge is 0.382 e. The first-order chi connectivity index (χ1) is 17.7. The summed E-state index contributed by atoms with van der Waals surface area (Å²) in [7, 11) is 0. The van der Waals surface area contributed by atoms with Crippen molar-refractivity contribution < 1.29 is 9.59 Å². The monoisotopic (exact) mass is 516 g/mol. The fourth-order valence-corrected chi connectivity index (χ4v) is 5.35. The normalized spacial score (nSPS) is 16.2. The van der Waals surface area contributed by atoms with Gasteiger partial charge < -0.3 is 27.5 Å². The molecule has 3 aromatic carbocycles. The molecule has 0 aliphatic carbocycles. The molecule has 1 aliphatic heterocycles. The molecule has 1 unspecified atom stereocenters. The summed E-state index contributed by atoms with van der Waals surface area (Å²) < 4.78 is 0. The Labute approximate surface area is 221 Å². The van der Waals surface area contributed by atoms with E-state index in [4.69, 9.17) is 17.3 Å². The number of carbonyl (C=O) groups excluding carboxylic acids is 2. The Balaban J connectivity index is 1.60. The predicted octanol–water partition coefficient (Wildman–Crippen LogP) is 3.18. The molecule has 37 heavy (non-hydrogen) atoms. The molecule has 0 bridgehead atoms. The lowest BCUT2D eigenvalue weighted by Gasteiger charge is -2.27. The Hall–Kier alpha value is -3.82. The first-order valence-electron chi connectivity index (χ1n) is 12.0. The average molecular weight is 517 g/mol. The molecule has 0 radical (unpaired) electrons. The van der Waals surface area contributed by atoms with E-state index in [1.807, 2.05) is 72.8 Å². The fraction of sp³-hybridized carbons (Fsp3) is 0.250. The molecule has 0 spiro atoms. The summed E-state index contributed by atoms with van der Waals surface area (Å²) in [6.45, 7) is 3.94.